The fourth-order valence-corrected chi connectivity index (χ4v) is 3.04. The molecule has 0 spiro atoms. The molecule has 0 aromatic heterocycles. The van der Waals surface area contributed by atoms with Crippen LogP contribution in [0.2, 0.25) is 0 Å². The maximum atomic E-state index is 11.9. The summed E-state index contributed by atoms with van der Waals surface area (Å²) in [6.45, 7) is 6.51. The predicted octanol–water partition coefficient (Wildman–Crippen LogP) is 1.47. The second kappa shape index (κ2) is 4.83. The van der Waals surface area contributed by atoms with Crippen LogP contribution in [-0.4, -0.2) is 52.8 Å². The summed E-state index contributed by atoms with van der Waals surface area (Å²) in [4.78, 5) is 16.5. The van der Waals surface area contributed by atoms with Crippen molar-refractivity contribution in [3.63, 3.8) is 0 Å². The molecule has 0 saturated carbocycles. The van der Waals surface area contributed by atoms with Gasteiger partial charge in [0.15, 0.2) is 0 Å². The summed E-state index contributed by atoms with van der Waals surface area (Å²) >= 11 is 3.46. The van der Waals surface area contributed by atoms with Gasteiger partial charge in [0, 0.05) is 19.6 Å². The van der Waals surface area contributed by atoms with E-state index in [1.807, 2.05) is 0 Å². The van der Waals surface area contributed by atoms with Gasteiger partial charge in [0.2, 0.25) is 5.91 Å². The van der Waals surface area contributed by atoms with E-state index >= 15 is 0 Å². The molecule has 4 heteroatoms. The molecule has 2 aliphatic rings. The van der Waals surface area contributed by atoms with Crippen LogP contribution in [0.15, 0.2) is 0 Å². The van der Waals surface area contributed by atoms with Gasteiger partial charge in [-0.05, 0) is 25.8 Å². The minimum atomic E-state index is 0.0754. The van der Waals surface area contributed by atoms with E-state index < -0.39 is 0 Å². The van der Waals surface area contributed by atoms with E-state index in [0.717, 1.165) is 32.5 Å². The minimum absolute atomic E-state index is 0.0754. The van der Waals surface area contributed by atoms with Crippen molar-refractivity contribution >= 4 is 21.8 Å². The van der Waals surface area contributed by atoms with Crippen molar-refractivity contribution < 1.29 is 4.79 Å². The quantitative estimate of drug-likeness (QED) is 0.728. The molecule has 86 valence electrons. The molecule has 0 N–H and O–H groups in total. The molecule has 3 nitrogen and oxygen atoms in total. The zero-order valence-corrected chi connectivity index (χ0v) is 10.9. The van der Waals surface area contributed by atoms with E-state index in [0.29, 0.717) is 11.9 Å². The number of carbonyl (C=O) groups is 1. The molecule has 0 aliphatic carbocycles. The van der Waals surface area contributed by atoms with Crippen LogP contribution in [0.4, 0.5) is 0 Å². The molecular formula is C11H19BrN2O. The average Bonchev–Trinajstić information content (AvgIpc) is 2.16. The molecule has 0 radical (unpaired) electrons. The van der Waals surface area contributed by atoms with Gasteiger partial charge >= 0.3 is 0 Å². The molecule has 2 rings (SSSR count). The maximum Gasteiger partial charge on any atom is 0.236 e. The van der Waals surface area contributed by atoms with Crippen LogP contribution < -0.4 is 0 Å². The number of alkyl halides is 1. The van der Waals surface area contributed by atoms with E-state index in [1.54, 1.807) is 0 Å². The molecule has 1 atom stereocenters. The molecule has 2 saturated heterocycles. The molecule has 2 fully saturated rings. The molecular weight excluding hydrogens is 256 g/mol. The molecule has 1 unspecified atom stereocenters. The summed E-state index contributed by atoms with van der Waals surface area (Å²) in [7, 11) is 0. The van der Waals surface area contributed by atoms with Crippen LogP contribution in [0.1, 0.15) is 26.2 Å². The second-order valence-electron chi connectivity index (χ2n) is 4.55. The predicted molar refractivity (Wildman–Crippen MR) is 64.2 cm³/mol. The van der Waals surface area contributed by atoms with Gasteiger partial charge in [-0.2, -0.15) is 0 Å². The highest BCUT2D eigenvalue weighted by molar-refractivity contribution is 9.10. The summed E-state index contributed by atoms with van der Waals surface area (Å²) in [5, 5.41) is 0. The number of hydrogen-bond donors (Lipinski definition) is 0. The number of nitrogens with zero attached hydrogens (tertiary/aromatic N) is 2. The number of likely N-dealkylation sites (tertiary alicyclic amines) is 2. The third-order valence-electron chi connectivity index (χ3n) is 3.33. The number of halogens is 1. The first kappa shape index (κ1) is 11.4. The number of carbonyl (C=O) groups excluding carboxylic acids is 1. The van der Waals surface area contributed by atoms with Gasteiger partial charge in [-0.3, -0.25) is 9.69 Å². The van der Waals surface area contributed by atoms with Gasteiger partial charge < -0.3 is 4.90 Å². The Morgan fingerprint density at radius 1 is 1.47 bits per heavy atom. The van der Waals surface area contributed by atoms with Crippen molar-refractivity contribution in [3.8, 4) is 0 Å². The fraction of sp³-hybridized carbons (Fsp3) is 0.909. The van der Waals surface area contributed by atoms with Gasteiger partial charge in [-0.1, -0.05) is 22.9 Å². The van der Waals surface area contributed by atoms with Gasteiger partial charge in [0.1, 0.15) is 0 Å². The standard InChI is InChI=1S/C11H19BrN2O/c1-2-5-13-7-9(8-13)14-6-3-4-10(12)11(14)15/h9-10H,2-8H2,1H3. The lowest BCUT2D eigenvalue weighted by atomic mass is 10.0. The molecule has 0 aromatic rings. The molecule has 2 aliphatic heterocycles. The Labute approximate surface area is 99.9 Å². The van der Waals surface area contributed by atoms with Gasteiger partial charge in [-0.15, -0.1) is 0 Å². The third kappa shape index (κ3) is 2.36. The molecule has 0 bridgehead atoms. The van der Waals surface area contributed by atoms with Crippen molar-refractivity contribution in [2.75, 3.05) is 26.2 Å². The van der Waals surface area contributed by atoms with Gasteiger partial charge in [-0.25, -0.2) is 0 Å². The Bertz CT molecular complexity index is 241. The lowest BCUT2D eigenvalue weighted by Crippen LogP contribution is -2.62. The topological polar surface area (TPSA) is 23.6 Å². The van der Waals surface area contributed by atoms with Crippen LogP contribution in [0.25, 0.3) is 0 Å². The SMILES string of the molecule is CCCN1CC(N2CCCC(Br)C2=O)C1. The Morgan fingerprint density at radius 3 is 2.87 bits per heavy atom. The van der Waals surface area contributed by atoms with Crippen molar-refractivity contribution in [3.05, 3.63) is 0 Å². The summed E-state index contributed by atoms with van der Waals surface area (Å²) in [6.07, 6.45) is 3.36. The van der Waals surface area contributed by atoms with Crippen LogP contribution >= 0.6 is 15.9 Å². The number of hydrogen-bond acceptors (Lipinski definition) is 2. The molecule has 15 heavy (non-hydrogen) atoms. The highest BCUT2D eigenvalue weighted by Crippen LogP contribution is 2.24. The van der Waals surface area contributed by atoms with E-state index in [2.05, 4.69) is 32.7 Å². The molecule has 0 aromatic carbocycles. The third-order valence-corrected chi connectivity index (χ3v) is 4.18. The highest BCUT2D eigenvalue weighted by Gasteiger charge is 2.37. The zero-order chi connectivity index (χ0) is 10.8. The number of amides is 1. The van der Waals surface area contributed by atoms with Crippen LogP contribution in [0, 0.1) is 0 Å². The first-order chi connectivity index (χ1) is 7.22. The maximum absolute atomic E-state index is 11.9. The van der Waals surface area contributed by atoms with Gasteiger partial charge in [0.25, 0.3) is 0 Å². The van der Waals surface area contributed by atoms with Crippen LogP contribution in [0.3, 0.4) is 0 Å². The van der Waals surface area contributed by atoms with E-state index in [4.69, 9.17) is 0 Å². The number of rotatable bonds is 3. The Morgan fingerprint density at radius 2 is 2.20 bits per heavy atom. The largest absolute Gasteiger partial charge is 0.336 e. The minimum Gasteiger partial charge on any atom is -0.336 e. The summed E-state index contributed by atoms with van der Waals surface area (Å²) in [5.41, 5.74) is 0. The Hall–Kier alpha value is -0.0900. The van der Waals surface area contributed by atoms with E-state index in [-0.39, 0.29) is 4.83 Å². The zero-order valence-electron chi connectivity index (χ0n) is 9.29. The van der Waals surface area contributed by atoms with E-state index in [1.165, 1.54) is 13.0 Å². The molecule has 2 heterocycles. The Kier molecular flexibility index (Phi) is 3.67. The van der Waals surface area contributed by atoms with Crippen LogP contribution in [-0.2, 0) is 4.79 Å². The summed E-state index contributed by atoms with van der Waals surface area (Å²) < 4.78 is 0. The first-order valence-electron chi connectivity index (χ1n) is 5.89. The lowest BCUT2D eigenvalue weighted by Gasteiger charge is -2.47. The smallest absolute Gasteiger partial charge is 0.236 e. The average molecular weight is 275 g/mol. The first-order valence-corrected chi connectivity index (χ1v) is 6.81. The fourth-order valence-electron chi connectivity index (χ4n) is 2.46. The van der Waals surface area contributed by atoms with Crippen molar-refractivity contribution in [1.29, 1.82) is 0 Å². The summed E-state index contributed by atoms with van der Waals surface area (Å²) in [5.74, 6) is 0.308. The van der Waals surface area contributed by atoms with Crippen molar-refractivity contribution in [1.82, 2.24) is 9.80 Å². The van der Waals surface area contributed by atoms with E-state index in [9.17, 15) is 4.79 Å². The number of piperidine rings is 1. The normalized spacial score (nSPS) is 29.3. The molecule has 1 amide bonds. The monoisotopic (exact) mass is 274 g/mol. The van der Waals surface area contributed by atoms with Crippen molar-refractivity contribution in [2.24, 2.45) is 0 Å². The van der Waals surface area contributed by atoms with Gasteiger partial charge in [0.05, 0.1) is 10.9 Å². The summed E-state index contributed by atoms with van der Waals surface area (Å²) in [6, 6.07) is 0.490. The lowest BCUT2D eigenvalue weighted by molar-refractivity contribution is -0.138. The Balaban J connectivity index is 1.82. The van der Waals surface area contributed by atoms with Crippen molar-refractivity contribution in [2.45, 2.75) is 37.1 Å². The highest BCUT2D eigenvalue weighted by atomic mass is 79.9. The second-order valence-corrected chi connectivity index (χ2v) is 5.66. The van der Waals surface area contributed by atoms with Crippen LogP contribution in [0.5, 0.6) is 0 Å².